The van der Waals surface area contributed by atoms with Crippen LogP contribution in [0.2, 0.25) is 0 Å². The lowest BCUT2D eigenvalue weighted by atomic mass is 9.90. The first-order valence-electron chi connectivity index (χ1n) is 5.80. The lowest BCUT2D eigenvalue weighted by molar-refractivity contribution is -0.134. The van der Waals surface area contributed by atoms with Crippen molar-refractivity contribution in [1.29, 1.82) is 0 Å². The molecule has 0 aliphatic carbocycles. The summed E-state index contributed by atoms with van der Waals surface area (Å²) in [6.07, 6.45) is 3.14. The third-order valence-electron chi connectivity index (χ3n) is 3.79. The van der Waals surface area contributed by atoms with Gasteiger partial charge < -0.3 is 0 Å². The summed E-state index contributed by atoms with van der Waals surface area (Å²) in [4.78, 5) is 14.0. The Morgan fingerprint density at radius 1 is 1.53 bits per heavy atom. The van der Waals surface area contributed by atoms with Gasteiger partial charge in [0.15, 0.2) is 0 Å². The zero-order chi connectivity index (χ0) is 11.5. The van der Waals surface area contributed by atoms with Gasteiger partial charge in [-0.25, -0.2) is 5.84 Å². The molecule has 0 aromatic heterocycles. The van der Waals surface area contributed by atoms with E-state index >= 15 is 0 Å². The summed E-state index contributed by atoms with van der Waals surface area (Å²) in [5, 5.41) is 0. The molecule has 0 aromatic carbocycles. The molecule has 1 saturated heterocycles. The number of amides is 1. The topological polar surface area (TPSA) is 58.4 Å². The molecule has 0 saturated carbocycles. The molecule has 1 aliphatic rings. The molecule has 15 heavy (non-hydrogen) atoms. The number of hydrogen-bond acceptors (Lipinski definition) is 3. The SMILES string of the molecule is CCC(C)(C(=O)NN)N1CCC(C)CC1. The Balaban J connectivity index is 2.69. The number of carbonyl (C=O) groups is 1. The van der Waals surface area contributed by atoms with E-state index in [1.54, 1.807) is 0 Å². The molecule has 1 atom stereocenters. The molecule has 1 fully saturated rings. The Hall–Kier alpha value is -0.610. The molecular formula is C11H23N3O. The van der Waals surface area contributed by atoms with Crippen molar-refractivity contribution in [2.24, 2.45) is 11.8 Å². The molecule has 0 spiro atoms. The summed E-state index contributed by atoms with van der Waals surface area (Å²) in [6, 6.07) is 0. The molecule has 4 nitrogen and oxygen atoms in total. The number of nitrogens with zero attached hydrogens (tertiary/aromatic N) is 1. The van der Waals surface area contributed by atoms with E-state index in [0.717, 1.165) is 25.4 Å². The maximum atomic E-state index is 11.8. The number of piperidine rings is 1. The van der Waals surface area contributed by atoms with Crippen molar-refractivity contribution in [3.05, 3.63) is 0 Å². The van der Waals surface area contributed by atoms with Gasteiger partial charge >= 0.3 is 0 Å². The number of carbonyl (C=O) groups excluding carboxylic acids is 1. The van der Waals surface area contributed by atoms with E-state index in [1.165, 1.54) is 12.8 Å². The largest absolute Gasteiger partial charge is 0.293 e. The average molecular weight is 213 g/mol. The van der Waals surface area contributed by atoms with Crippen molar-refractivity contribution in [2.75, 3.05) is 13.1 Å². The van der Waals surface area contributed by atoms with E-state index in [9.17, 15) is 4.79 Å². The highest BCUT2D eigenvalue weighted by molar-refractivity contribution is 5.85. The summed E-state index contributed by atoms with van der Waals surface area (Å²) >= 11 is 0. The Kier molecular flexibility index (Phi) is 4.11. The van der Waals surface area contributed by atoms with Crippen LogP contribution >= 0.6 is 0 Å². The van der Waals surface area contributed by atoms with Crippen LogP contribution in [0.4, 0.5) is 0 Å². The minimum absolute atomic E-state index is 0.0699. The van der Waals surface area contributed by atoms with Crippen LogP contribution in [0.5, 0.6) is 0 Å². The van der Waals surface area contributed by atoms with Crippen LogP contribution in [0, 0.1) is 5.92 Å². The lowest BCUT2D eigenvalue weighted by Gasteiger charge is -2.42. The van der Waals surface area contributed by atoms with Crippen molar-refractivity contribution in [1.82, 2.24) is 10.3 Å². The van der Waals surface area contributed by atoms with E-state index in [1.807, 2.05) is 13.8 Å². The van der Waals surface area contributed by atoms with Crippen LogP contribution in [0.3, 0.4) is 0 Å². The van der Waals surface area contributed by atoms with Gasteiger partial charge in [0.05, 0.1) is 5.54 Å². The molecule has 3 N–H and O–H groups in total. The smallest absolute Gasteiger partial charge is 0.254 e. The maximum Gasteiger partial charge on any atom is 0.254 e. The molecule has 0 aromatic rings. The summed E-state index contributed by atoms with van der Waals surface area (Å²) in [6.45, 7) is 8.28. The second-order valence-electron chi connectivity index (χ2n) is 4.77. The third-order valence-corrected chi connectivity index (χ3v) is 3.79. The van der Waals surface area contributed by atoms with Gasteiger partial charge in [-0.2, -0.15) is 0 Å². The molecule has 0 radical (unpaired) electrons. The highest BCUT2D eigenvalue weighted by Gasteiger charge is 2.38. The number of hydrazine groups is 1. The van der Waals surface area contributed by atoms with Crippen molar-refractivity contribution >= 4 is 5.91 Å². The first-order valence-corrected chi connectivity index (χ1v) is 5.80. The first kappa shape index (κ1) is 12.5. The van der Waals surface area contributed by atoms with Gasteiger partial charge in [0.2, 0.25) is 0 Å². The molecule has 1 aliphatic heterocycles. The summed E-state index contributed by atoms with van der Waals surface area (Å²) < 4.78 is 0. The van der Waals surface area contributed by atoms with Gasteiger partial charge in [-0.15, -0.1) is 0 Å². The second kappa shape index (κ2) is 4.94. The molecule has 1 heterocycles. The molecule has 1 rings (SSSR count). The van der Waals surface area contributed by atoms with Crippen LogP contribution in [0.1, 0.15) is 40.0 Å². The maximum absolute atomic E-state index is 11.8. The predicted molar refractivity (Wildman–Crippen MR) is 61.0 cm³/mol. The fourth-order valence-corrected chi connectivity index (χ4v) is 2.19. The highest BCUT2D eigenvalue weighted by atomic mass is 16.2. The van der Waals surface area contributed by atoms with E-state index in [-0.39, 0.29) is 5.91 Å². The van der Waals surface area contributed by atoms with Gasteiger partial charge in [0.25, 0.3) is 5.91 Å². The summed E-state index contributed by atoms with van der Waals surface area (Å²) in [5.41, 5.74) is 1.85. The zero-order valence-corrected chi connectivity index (χ0v) is 10.0. The second-order valence-corrected chi connectivity index (χ2v) is 4.77. The third kappa shape index (κ3) is 2.49. The highest BCUT2D eigenvalue weighted by Crippen LogP contribution is 2.26. The molecule has 1 unspecified atom stereocenters. The quantitative estimate of drug-likeness (QED) is 0.415. The van der Waals surface area contributed by atoms with Gasteiger partial charge in [-0.3, -0.25) is 15.1 Å². The number of rotatable bonds is 3. The van der Waals surface area contributed by atoms with Crippen molar-refractivity contribution in [2.45, 2.75) is 45.6 Å². The van der Waals surface area contributed by atoms with Crippen molar-refractivity contribution in [3.63, 3.8) is 0 Å². The van der Waals surface area contributed by atoms with Gasteiger partial charge in [0, 0.05) is 0 Å². The number of hydrogen-bond donors (Lipinski definition) is 2. The molecule has 88 valence electrons. The van der Waals surface area contributed by atoms with Crippen LogP contribution in [0.15, 0.2) is 0 Å². The number of likely N-dealkylation sites (tertiary alicyclic amines) is 1. The van der Waals surface area contributed by atoms with E-state index in [2.05, 4.69) is 17.2 Å². The minimum Gasteiger partial charge on any atom is -0.293 e. The minimum atomic E-state index is -0.436. The number of nitrogens with one attached hydrogen (secondary N) is 1. The standard InChI is InChI=1S/C11H23N3O/c1-4-11(3,10(15)13-12)14-7-5-9(2)6-8-14/h9H,4-8,12H2,1-3H3,(H,13,15). The Labute approximate surface area is 92.2 Å². The molecular weight excluding hydrogens is 190 g/mol. The van der Waals surface area contributed by atoms with Crippen LogP contribution < -0.4 is 11.3 Å². The predicted octanol–water partition coefficient (Wildman–Crippen LogP) is 0.877. The van der Waals surface area contributed by atoms with Crippen LogP contribution in [-0.2, 0) is 4.79 Å². The molecule has 1 amide bonds. The summed E-state index contributed by atoms with van der Waals surface area (Å²) in [7, 11) is 0. The van der Waals surface area contributed by atoms with Crippen molar-refractivity contribution < 1.29 is 4.79 Å². The molecule has 4 heteroatoms. The number of nitrogens with two attached hydrogens (primary N) is 1. The molecule has 0 bridgehead atoms. The van der Waals surface area contributed by atoms with Gasteiger partial charge in [-0.1, -0.05) is 13.8 Å². The van der Waals surface area contributed by atoms with E-state index in [0.29, 0.717) is 0 Å². The fourth-order valence-electron chi connectivity index (χ4n) is 2.19. The Bertz CT molecular complexity index is 224. The van der Waals surface area contributed by atoms with Crippen LogP contribution in [-0.4, -0.2) is 29.4 Å². The average Bonchev–Trinajstić information content (AvgIpc) is 2.27. The monoisotopic (exact) mass is 213 g/mol. The van der Waals surface area contributed by atoms with E-state index < -0.39 is 5.54 Å². The van der Waals surface area contributed by atoms with Gasteiger partial charge in [0.1, 0.15) is 0 Å². The Morgan fingerprint density at radius 2 is 2.07 bits per heavy atom. The lowest BCUT2D eigenvalue weighted by Crippen LogP contribution is -2.59. The van der Waals surface area contributed by atoms with Crippen molar-refractivity contribution in [3.8, 4) is 0 Å². The van der Waals surface area contributed by atoms with Crippen LogP contribution in [0.25, 0.3) is 0 Å². The fraction of sp³-hybridized carbons (Fsp3) is 0.909. The van der Waals surface area contributed by atoms with Gasteiger partial charge in [-0.05, 0) is 45.2 Å². The first-order chi connectivity index (χ1) is 7.04. The zero-order valence-electron chi connectivity index (χ0n) is 10.0. The van der Waals surface area contributed by atoms with E-state index in [4.69, 9.17) is 5.84 Å². The normalized spacial score (nSPS) is 23.5. The Morgan fingerprint density at radius 3 is 2.47 bits per heavy atom. The summed E-state index contributed by atoms with van der Waals surface area (Å²) in [5.74, 6) is 5.95.